The van der Waals surface area contributed by atoms with Crippen LogP contribution in [0.25, 0.3) is 0 Å². The van der Waals surface area contributed by atoms with Crippen LogP contribution in [0.15, 0.2) is 18.6 Å². The van der Waals surface area contributed by atoms with Crippen LogP contribution >= 0.6 is 0 Å². The summed E-state index contributed by atoms with van der Waals surface area (Å²) in [6, 6.07) is 0.340. The van der Waals surface area contributed by atoms with Gasteiger partial charge in [0.1, 0.15) is 5.82 Å². The minimum atomic E-state index is -2.70. The molecular weight excluding hydrogens is 446 g/mol. The second kappa shape index (κ2) is 11.4. The molecule has 1 amide bonds. The van der Waals surface area contributed by atoms with Crippen LogP contribution in [-0.2, 0) is 4.74 Å². The number of nitrogens with zero attached hydrogens (tertiary/aromatic N) is 6. The maximum atomic E-state index is 13.5. The molecule has 4 rings (SSSR count). The van der Waals surface area contributed by atoms with Gasteiger partial charge < -0.3 is 25.2 Å². The van der Waals surface area contributed by atoms with Gasteiger partial charge in [-0.3, -0.25) is 4.68 Å². The molecule has 0 saturated carbocycles. The molecule has 2 aliphatic rings. The fourth-order valence-electron chi connectivity index (χ4n) is 4.17. The Hall–Kier alpha value is -3.02. The summed E-state index contributed by atoms with van der Waals surface area (Å²) in [5, 5.41) is 10.5. The summed E-state index contributed by atoms with van der Waals surface area (Å²) >= 11 is 0. The first-order valence-electron chi connectivity index (χ1n) is 11.8. The van der Waals surface area contributed by atoms with Gasteiger partial charge in [-0.05, 0) is 52.2 Å². The highest BCUT2D eigenvalue weighted by Crippen LogP contribution is 2.27. The predicted molar refractivity (Wildman–Crippen MR) is 124 cm³/mol. The predicted octanol–water partition coefficient (Wildman–Crippen LogP) is 3.66. The first-order chi connectivity index (χ1) is 16.5. The molecule has 4 heterocycles. The molecule has 2 aromatic rings. The van der Waals surface area contributed by atoms with Gasteiger partial charge >= 0.3 is 6.09 Å². The van der Waals surface area contributed by atoms with Gasteiger partial charge in [0, 0.05) is 32.0 Å². The summed E-state index contributed by atoms with van der Waals surface area (Å²) < 4.78 is 34.1. The Kier molecular flexibility index (Phi) is 8.09. The molecule has 12 heteroatoms. The Morgan fingerprint density at radius 3 is 2.82 bits per heavy atom. The van der Waals surface area contributed by atoms with Crippen molar-refractivity contribution in [1.82, 2.24) is 29.5 Å². The second-order valence-electron chi connectivity index (χ2n) is 8.76. The number of alkyl halides is 2. The Morgan fingerprint density at radius 2 is 2.03 bits per heavy atom. The molecule has 0 radical (unpaired) electrons. The van der Waals surface area contributed by atoms with Gasteiger partial charge in [0.2, 0.25) is 5.95 Å². The number of likely N-dealkylation sites (tertiary alicyclic amines) is 1. The summed E-state index contributed by atoms with van der Waals surface area (Å²) in [4.78, 5) is 24.2. The first-order valence-corrected chi connectivity index (χ1v) is 11.8. The van der Waals surface area contributed by atoms with E-state index in [9.17, 15) is 13.6 Å². The van der Waals surface area contributed by atoms with Crippen LogP contribution in [0.5, 0.6) is 0 Å². The van der Waals surface area contributed by atoms with Crippen molar-refractivity contribution >= 4 is 23.5 Å². The molecule has 2 N–H and O–H groups in total. The standard InChI is InChI=1S/C22H32F2N8O2/c1-30-10-5-17(6-11-30)32-15-16(13-27-32)28-21-26-14-18(19(23)24)20(29-21)25-7-4-9-31-8-2-3-12-34-22(31)33/h13-15,17,19H,2-12H2,1H3,(H2,25,26,28,29). The zero-order chi connectivity index (χ0) is 23.9. The molecule has 0 spiro atoms. The quantitative estimate of drug-likeness (QED) is 0.527. The van der Waals surface area contributed by atoms with E-state index in [1.807, 2.05) is 10.9 Å². The van der Waals surface area contributed by atoms with Gasteiger partial charge in [-0.25, -0.2) is 18.6 Å². The van der Waals surface area contributed by atoms with E-state index in [0.717, 1.165) is 45.0 Å². The lowest BCUT2D eigenvalue weighted by Gasteiger charge is -2.28. The van der Waals surface area contributed by atoms with Crippen LogP contribution in [0, 0.1) is 0 Å². The van der Waals surface area contributed by atoms with Crippen LogP contribution in [0.3, 0.4) is 0 Å². The van der Waals surface area contributed by atoms with E-state index < -0.39 is 6.43 Å². The van der Waals surface area contributed by atoms with Crippen LogP contribution in [0.4, 0.5) is 31.0 Å². The van der Waals surface area contributed by atoms with E-state index in [-0.39, 0.29) is 23.4 Å². The van der Waals surface area contributed by atoms with E-state index in [0.29, 0.717) is 44.4 Å². The average Bonchev–Trinajstić information content (AvgIpc) is 3.18. The minimum absolute atomic E-state index is 0.0775. The number of hydrogen-bond acceptors (Lipinski definition) is 8. The molecule has 0 bridgehead atoms. The summed E-state index contributed by atoms with van der Waals surface area (Å²) in [5.41, 5.74) is 0.441. The Labute approximate surface area is 197 Å². The summed E-state index contributed by atoms with van der Waals surface area (Å²) in [6.45, 7) is 4.02. The topological polar surface area (TPSA) is 100 Å². The largest absolute Gasteiger partial charge is 0.449 e. The zero-order valence-corrected chi connectivity index (χ0v) is 19.4. The minimum Gasteiger partial charge on any atom is -0.449 e. The molecule has 2 fully saturated rings. The normalized spacial score (nSPS) is 18.1. The maximum Gasteiger partial charge on any atom is 0.409 e. The lowest BCUT2D eigenvalue weighted by atomic mass is 10.1. The van der Waals surface area contributed by atoms with Crippen LogP contribution in [-0.4, -0.2) is 82.0 Å². The SMILES string of the molecule is CN1CCC(n2cc(Nc3ncc(C(F)F)c(NCCCN4CCCCOC4=O)n3)cn2)CC1. The number of rotatable bonds is 9. The lowest BCUT2D eigenvalue weighted by Crippen LogP contribution is -2.32. The number of carbonyl (C=O) groups is 1. The van der Waals surface area contributed by atoms with E-state index in [1.54, 1.807) is 11.1 Å². The number of nitrogens with one attached hydrogen (secondary N) is 2. The fourth-order valence-corrected chi connectivity index (χ4v) is 4.17. The highest BCUT2D eigenvalue weighted by molar-refractivity contribution is 5.67. The van der Waals surface area contributed by atoms with E-state index >= 15 is 0 Å². The molecule has 0 atom stereocenters. The van der Waals surface area contributed by atoms with Gasteiger partial charge in [-0.2, -0.15) is 10.1 Å². The van der Waals surface area contributed by atoms with E-state index in [4.69, 9.17) is 4.74 Å². The third-order valence-electron chi connectivity index (χ3n) is 6.18. The van der Waals surface area contributed by atoms with Crippen molar-refractivity contribution in [1.29, 1.82) is 0 Å². The summed E-state index contributed by atoms with van der Waals surface area (Å²) in [7, 11) is 2.11. The van der Waals surface area contributed by atoms with Crippen molar-refractivity contribution < 1.29 is 18.3 Å². The van der Waals surface area contributed by atoms with Crippen LogP contribution in [0.1, 0.15) is 50.1 Å². The zero-order valence-electron chi connectivity index (χ0n) is 19.4. The molecule has 2 aromatic heterocycles. The van der Waals surface area contributed by atoms with Gasteiger partial charge in [-0.15, -0.1) is 0 Å². The highest BCUT2D eigenvalue weighted by atomic mass is 19.3. The lowest BCUT2D eigenvalue weighted by molar-refractivity contribution is 0.116. The number of amides is 1. The third-order valence-corrected chi connectivity index (χ3v) is 6.18. The maximum absolute atomic E-state index is 13.5. The molecule has 0 aromatic carbocycles. The van der Waals surface area contributed by atoms with Crippen molar-refractivity contribution in [3.63, 3.8) is 0 Å². The molecule has 186 valence electrons. The molecule has 0 unspecified atom stereocenters. The number of piperidine rings is 1. The second-order valence-corrected chi connectivity index (χ2v) is 8.76. The molecule has 2 aliphatic heterocycles. The van der Waals surface area contributed by atoms with Gasteiger partial charge in [-0.1, -0.05) is 0 Å². The Morgan fingerprint density at radius 1 is 1.21 bits per heavy atom. The number of ether oxygens (including phenoxy) is 1. The smallest absolute Gasteiger partial charge is 0.409 e. The Bertz CT molecular complexity index is 949. The number of carbonyl (C=O) groups excluding carboxylic acids is 1. The number of aromatic nitrogens is 4. The molecular formula is C22H32F2N8O2. The number of halogens is 2. The van der Waals surface area contributed by atoms with Gasteiger partial charge in [0.15, 0.2) is 0 Å². The monoisotopic (exact) mass is 478 g/mol. The number of cyclic esters (lactones) is 1. The molecule has 0 aliphatic carbocycles. The summed E-state index contributed by atoms with van der Waals surface area (Å²) in [5.74, 6) is 0.291. The number of anilines is 3. The fraction of sp³-hybridized carbons (Fsp3) is 0.636. The first kappa shape index (κ1) is 24.1. The van der Waals surface area contributed by atoms with Crippen LogP contribution in [0.2, 0.25) is 0 Å². The molecule has 34 heavy (non-hydrogen) atoms. The van der Waals surface area contributed by atoms with Crippen LogP contribution < -0.4 is 10.6 Å². The van der Waals surface area contributed by atoms with Crippen molar-refractivity contribution in [2.45, 2.75) is 44.6 Å². The van der Waals surface area contributed by atoms with E-state index in [2.05, 4.69) is 37.6 Å². The molecule has 2 saturated heterocycles. The number of hydrogen-bond donors (Lipinski definition) is 2. The average molecular weight is 479 g/mol. The van der Waals surface area contributed by atoms with Crippen molar-refractivity contribution in [2.75, 3.05) is 57.0 Å². The van der Waals surface area contributed by atoms with Crippen molar-refractivity contribution in [2.24, 2.45) is 0 Å². The van der Waals surface area contributed by atoms with Crippen molar-refractivity contribution in [3.05, 3.63) is 24.2 Å². The van der Waals surface area contributed by atoms with Crippen molar-refractivity contribution in [3.8, 4) is 0 Å². The van der Waals surface area contributed by atoms with Gasteiger partial charge in [0.25, 0.3) is 6.43 Å². The van der Waals surface area contributed by atoms with Gasteiger partial charge in [0.05, 0.1) is 30.1 Å². The molecule has 10 nitrogen and oxygen atoms in total. The summed E-state index contributed by atoms with van der Waals surface area (Å²) in [6.07, 6.45) is 6.08. The Balaban J connectivity index is 1.34. The highest BCUT2D eigenvalue weighted by Gasteiger charge is 2.21. The van der Waals surface area contributed by atoms with E-state index in [1.165, 1.54) is 0 Å². The third kappa shape index (κ3) is 6.31.